The fourth-order valence-corrected chi connectivity index (χ4v) is 3.68. The van der Waals surface area contributed by atoms with E-state index in [4.69, 9.17) is 9.26 Å². The van der Waals surface area contributed by atoms with E-state index in [1.54, 1.807) is 12.1 Å². The molecule has 0 radical (unpaired) electrons. The highest BCUT2D eigenvalue weighted by Crippen LogP contribution is 2.46. The van der Waals surface area contributed by atoms with Crippen LogP contribution in [0.4, 0.5) is 5.88 Å². The zero-order valence-corrected chi connectivity index (χ0v) is 14.1. The summed E-state index contributed by atoms with van der Waals surface area (Å²) in [5.74, 6) is 0.152. The van der Waals surface area contributed by atoms with Crippen LogP contribution in [0, 0.1) is 6.92 Å². The number of allylic oxidation sites excluding steroid dienone is 2. The highest BCUT2D eigenvalue weighted by molar-refractivity contribution is 6.01. The number of esters is 1. The van der Waals surface area contributed by atoms with Gasteiger partial charge < -0.3 is 14.6 Å². The summed E-state index contributed by atoms with van der Waals surface area (Å²) in [4.78, 5) is 24.3. The Morgan fingerprint density at radius 2 is 2.04 bits per heavy atom. The molecule has 1 aliphatic carbocycles. The van der Waals surface area contributed by atoms with Crippen LogP contribution in [0.2, 0.25) is 0 Å². The molecule has 0 saturated carbocycles. The fourth-order valence-electron chi connectivity index (χ4n) is 3.68. The zero-order chi connectivity index (χ0) is 17.6. The van der Waals surface area contributed by atoms with Crippen LogP contribution >= 0.6 is 0 Å². The maximum Gasteiger partial charge on any atom is 0.337 e. The number of aromatic nitrogens is 1. The molecule has 1 aliphatic heterocycles. The van der Waals surface area contributed by atoms with Gasteiger partial charge in [-0.05, 0) is 37.5 Å². The lowest BCUT2D eigenvalue weighted by molar-refractivity contribution is -0.116. The van der Waals surface area contributed by atoms with Gasteiger partial charge in [0.25, 0.3) is 0 Å². The molecule has 4 rings (SSSR count). The molecular formula is C19H18N2O4. The first-order valence-corrected chi connectivity index (χ1v) is 8.28. The normalized spacial score (nSPS) is 19.1. The van der Waals surface area contributed by atoms with Gasteiger partial charge in [-0.15, -0.1) is 0 Å². The van der Waals surface area contributed by atoms with Crippen molar-refractivity contribution in [2.75, 3.05) is 12.4 Å². The molecule has 6 nitrogen and oxygen atoms in total. The van der Waals surface area contributed by atoms with Gasteiger partial charge in [-0.2, -0.15) is 0 Å². The van der Waals surface area contributed by atoms with E-state index >= 15 is 0 Å². The number of carbonyl (C=O) groups excluding carboxylic acids is 2. The maximum absolute atomic E-state index is 12.7. The lowest BCUT2D eigenvalue weighted by Gasteiger charge is -2.31. The van der Waals surface area contributed by atoms with Crippen LogP contribution in [0.1, 0.15) is 52.4 Å². The second-order valence-electron chi connectivity index (χ2n) is 6.35. The van der Waals surface area contributed by atoms with Crippen molar-refractivity contribution in [1.29, 1.82) is 0 Å². The molecule has 0 unspecified atom stereocenters. The lowest BCUT2D eigenvalue weighted by atomic mass is 9.76. The number of hydrogen-bond donors (Lipinski definition) is 1. The number of aryl methyl sites for hydroxylation is 1. The number of fused-ring (bicyclic) bond motifs is 1. The van der Waals surface area contributed by atoms with E-state index in [1.165, 1.54) is 7.11 Å². The minimum Gasteiger partial charge on any atom is -0.465 e. The molecule has 0 saturated heterocycles. The molecule has 2 heterocycles. The number of benzene rings is 1. The first-order valence-electron chi connectivity index (χ1n) is 8.28. The predicted molar refractivity (Wildman–Crippen MR) is 90.4 cm³/mol. The number of nitrogens with zero attached hydrogens (tertiary/aromatic N) is 1. The van der Waals surface area contributed by atoms with Crippen LogP contribution in [0.3, 0.4) is 0 Å². The molecule has 0 amide bonds. The van der Waals surface area contributed by atoms with Crippen molar-refractivity contribution >= 4 is 17.6 Å². The number of Topliss-reactive ketones (excluding diaryl/α,β-unsaturated/α-hetero) is 1. The lowest BCUT2D eigenvalue weighted by Crippen LogP contribution is -2.26. The molecule has 2 aliphatic rings. The van der Waals surface area contributed by atoms with Gasteiger partial charge in [0, 0.05) is 23.6 Å². The van der Waals surface area contributed by atoms with E-state index in [0.29, 0.717) is 17.9 Å². The minimum atomic E-state index is -0.382. The average Bonchev–Trinajstić information content (AvgIpc) is 3.00. The number of ketones is 1. The first kappa shape index (κ1) is 15.6. The smallest absolute Gasteiger partial charge is 0.337 e. The van der Waals surface area contributed by atoms with Crippen molar-refractivity contribution in [1.82, 2.24) is 5.16 Å². The van der Waals surface area contributed by atoms with Crippen LogP contribution in [-0.2, 0) is 9.53 Å². The summed E-state index contributed by atoms with van der Waals surface area (Å²) >= 11 is 0. The van der Waals surface area contributed by atoms with Gasteiger partial charge in [-0.1, -0.05) is 17.3 Å². The third-order valence-electron chi connectivity index (χ3n) is 4.87. The Labute approximate surface area is 144 Å². The summed E-state index contributed by atoms with van der Waals surface area (Å²) in [6, 6.07) is 7.18. The molecule has 1 atom stereocenters. The summed E-state index contributed by atoms with van der Waals surface area (Å²) < 4.78 is 10.2. The molecule has 6 heteroatoms. The van der Waals surface area contributed by atoms with Crippen LogP contribution < -0.4 is 5.32 Å². The van der Waals surface area contributed by atoms with Gasteiger partial charge in [-0.25, -0.2) is 4.79 Å². The van der Waals surface area contributed by atoms with Crippen LogP contribution in [0.25, 0.3) is 0 Å². The topological polar surface area (TPSA) is 81.4 Å². The Hall–Kier alpha value is -2.89. The highest BCUT2D eigenvalue weighted by atomic mass is 16.5. The molecule has 2 aromatic rings. The number of rotatable bonds is 2. The Balaban J connectivity index is 1.85. The number of methoxy groups -OCH3 is 1. The zero-order valence-electron chi connectivity index (χ0n) is 14.1. The van der Waals surface area contributed by atoms with Crippen LogP contribution in [0.5, 0.6) is 0 Å². The third kappa shape index (κ3) is 2.45. The van der Waals surface area contributed by atoms with E-state index < -0.39 is 0 Å². The number of anilines is 1. The number of ether oxygens (including phenoxy) is 1. The van der Waals surface area contributed by atoms with E-state index in [2.05, 4.69) is 10.5 Å². The van der Waals surface area contributed by atoms with Gasteiger partial charge in [0.05, 0.1) is 23.9 Å². The van der Waals surface area contributed by atoms with Gasteiger partial charge in [0.1, 0.15) is 0 Å². The Kier molecular flexibility index (Phi) is 3.67. The maximum atomic E-state index is 12.7. The second kappa shape index (κ2) is 5.88. The predicted octanol–water partition coefficient (Wildman–Crippen LogP) is 3.33. The number of carbonyl (C=O) groups is 2. The largest absolute Gasteiger partial charge is 0.465 e. The fraction of sp³-hybridized carbons (Fsp3) is 0.316. The Morgan fingerprint density at radius 3 is 2.76 bits per heavy atom. The quantitative estimate of drug-likeness (QED) is 0.846. The van der Waals surface area contributed by atoms with Gasteiger partial charge >= 0.3 is 5.97 Å². The molecule has 0 fully saturated rings. The number of hydrogen-bond acceptors (Lipinski definition) is 6. The summed E-state index contributed by atoms with van der Waals surface area (Å²) in [5.41, 5.74) is 4.77. The second-order valence-corrected chi connectivity index (χ2v) is 6.35. The van der Waals surface area contributed by atoms with Crippen molar-refractivity contribution in [3.05, 3.63) is 57.9 Å². The Morgan fingerprint density at radius 1 is 1.28 bits per heavy atom. The van der Waals surface area contributed by atoms with Crippen LogP contribution in [0.15, 0.2) is 40.1 Å². The third-order valence-corrected chi connectivity index (χ3v) is 4.87. The van der Waals surface area contributed by atoms with Crippen molar-refractivity contribution < 1.29 is 18.8 Å². The van der Waals surface area contributed by atoms with Crippen molar-refractivity contribution in [2.45, 2.75) is 32.1 Å². The van der Waals surface area contributed by atoms with Gasteiger partial charge in [0.15, 0.2) is 5.78 Å². The SMILES string of the molecule is COC(=O)c1ccc([C@H]2C3=C(CCCC3=O)Nc3onc(C)c32)cc1. The molecule has 25 heavy (non-hydrogen) atoms. The van der Waals surface area contributed by atoms with E-state index in [0.717, 1.165) is 40.9 Å². The summed E-state index contributed by atoms with van der Waals surface area (Å²) in [6.45, 7) is 1.87. The molecule has 0 spiro atoms. The molecule has 128 valence electrons. The first-order chi connectivity index (χ1) is 12.1. The minimum absolute atomic E-state index is 0.155. The highest BCUT2D eigenvalue weighted by Gasteiger charge is 2.38. The monoisotopic (exact) mass is 338 g/mol. The van der Waals surface area contributed by atoms with Gasteiger partial charge in [0.2, 0.25) is 5.88 Å². The average molecular weight is 338 g/mol. The molecule has 1 aromatic heterocycles. The van der Waals surface area contributed by atoms with Crippen molar-refractivity contribution in [3.63, 3.8) is 0 Å². The van der Waals surface area contributed by atoms with Crippen LogP contribution in [-0.4, -0.2) is 24.0 Å². The van der Waals surface area contributed by atoms with E-state index in [1.807, 2.05) is 19.1 Å². The van der Waals surface area contributed by atoms with E-state index in [-0.39, 0.29) is 17.7 Å². The van der Waals surface area contributed by atoms with Gasteiger partial charge in [-0.3, -0.25) is 4.79 Å². The van der Waals surface area contributed by atoms with Crippen molar-refractivity contribution in [2.24, 2.45) is 0 Å². The van der Waals surface area contributed by atoms with E-state index in [9.17, 15) is 9.59 Å². The number of nitrogens with one attached hydrogen (secondary N) is 1. The molecular weight excluding hydrogens is 320 g/mol. The Bertz CT molecular complexity index is 893. The van der Waals surface area contributed by atoms with Crippen molar-refractivity contribution in [3.8, 4) is 0 Å². The molecule has 0 bridgehead atoms. The molecule has 1 aromatic carbocycles. The summed E-state index contributed by atoms with van der Waals surface area (Å²) in [7, 11) is 1.35. The standard InChI is InChI=1S/C19H18N2O4/c1-10-15-16(11-6-8-12(9-7-11)19(23)24-2)17-13(4-3-5-14(17)22)20-18(15)25-21-10/h6-9,16,20H,3-5H2,1-2H3/t16-/m1/s1. The summed E-state index contributed by atoms with van der Waals surface area (Å²) in [5, 5.41) is 7.31. The summed E-state index contributed by atoms with van der Waals surface area (Å²) in [6.07, 6.45) is 2.20. The molecule has 1 N–H and O–H groups in total.